The number of nitrogens with zero attached hydrogens (tertiary/aromatic N) is 7. The average molecular weight is 735 g/mol. The molecule has 0 radical (unpaired) electrons. The van der Waals surface area contributed by atoms with E-state index in [4.69, 9.17) is 15.2 Å². The van der Waals surface area contributed by atoms with Crippen molar-refractivity contribution in [1.82, 2.24) is 35.1 Å². The maximum atomic E-state index is 12.6. The van der Waals surface area contributed by atoms with Crippen molar-refractivity contribution in [2.75, 3.05) is 56.5 Å². The van der Waals surface area contributed by atoms with E-state index in [-0.39, 0.29) is 23.6 Å². The highest BCUT2D eigenvalue weighted by Crippen LogP contribution is 2.38. The standard InChI is InChI=1S/C39H46N10O5/c1-46-13-14-49(39(46)53)27-3-2-11-48(21-27)31-18-41-34(36(40)51)37(43-31)42-26-6-4-25-20-47(12-10-23(25)17-26)19-22-15-24-5-7-28-33(45-54-35(28)30(24)16-22)29-8-9-32(50)44-38(29)52/h4-7,17-18,22,27,29,39,53H,2-3,8-16,19-21H2,1H3,(H2,40,51)(H,42,43)(H,44,50,52)/t22?,27-,29?,39?/m1/s1. The van der Waals surface area contributed by atoms with Gasteiger partial charge >= 0.3 is 0 Å². The van der Waals surface area contributed by atoms with E-state index in [1.54, 1.807) is 6.20 Å². The molecule has 0 saturated carbocycles. The van der Waals surface area contributed by atoms with Crippen LogP contribution in [0, 0.1) is 5.92 Å². The predicted molar refractivity (Wildman–Crippen MR) is 200 cm³/mol. The topological polar surface area (TPSA) is 186 Å². The van der Waals surface area contributed by atoms with Crippen LogP contribution in [0.15, 0.2) is 41.1 Å². The number of primary amides is 1. The summed E-state index contributed by atoms with van der Waals surface area (Å²) in [5.41, 5.74) is 13.0. The summed E-state index contributed by atoms with van der Waals surface area (Å²) in [5, 5.41) is 21.7. The molecule has 0 spiro atoms. The molecular weight excluding hydrogens is 688 g/mol. The number of nitrogens with one attached hydrogen (secondary N) is 2. The Morgan fingerprint density at radius 2 is 1.93 bits per heavy atom. The zero-order valence-electron chi connectivity index (χ0n) is 30.5. The molecule has 54 heavy (non-hydrogen) atoms. The minimum atomic E-state index is -0.641. The molecule has 15 heteroatoms. The van der Waals surface area contributed by atoms with Crippen LogP contribution in [-0.4, -0.2) is 111 Å². The molecule has 4 atom stereocenters. The van der Waals surface area contributed by atoms with Crippen LogP contribution >= 0.6 is 0 Å². The lowest BCUT2D eigenvalue weighted by molar-refractivity contribution is -0.134. The number of rotatable bonds is 8. The van der Waals surface area contributed by atoms with Crippen molar-refractivity contribution in [1.29, 1.82) is 0 Å². The number of likely N-dealkylation sites (N-methyl/N-ethyl adjacent to an activating group) is 1. The van der Waals surface area contributed by atoms with Crippen molar-refractivity contribution in [3.8, 4) is 0 Å². The molecule has 0 bridgehead atoms. The summed E-state index contributed by atoms with van der Waals surface area (Å²) in [5.74, 6) is -0.205. The largest absolute Gasteiger partial charge is 0.365 e. The highest BCUT2D eigenvalue weighted by atomic mass is 16.5. The van der Waals surface area contributed by atoms with E-state index in [1.807, 2.05) is 24.1 Å². The maximum Gasteiger partial charge on any atom is 0.271 e. The molecule has 9 rings (SSSR count). The lowest BCUT2D eigenvalue weighted by Crippen LogP contribution is -2.51. The molecule has 4 aromatic rings. The van der Waals surface area contributed by atoms with E-state index < -0.39 is 18.2 Å². The smallest absolute Gasteiger partial charge is 0.271 e. The van der Waals surface area contributed by atoms with E-state index >= 15 is 0 Å². The minimum Gasteiger partial charge on any atom is -0.365 e. The Labute approximate surface area is 312 Å². The third-order valence-electron chi connectivity index (χ3n) is 12.1. The number of hydrogen-bond acceptors (Lipinski definition) is 13. The van der Waals surface area contributed by atoms with Crippen molar-refractivity contribution in [3.63, 3.8) is 0 Å². The van der Waals surface area contributed by atoms with Crippen LogP contribution < -0.4 is 21.3 Å². The number of aliphatic hydroxyl groups is 1. The van der Waals surface area contributed by atoms with Crippen molar-refractivity contribution in [2.45, 2.75) is 69.8 Å². The van der Waals surface area contributed by atoms with Crippen molar-refractivity contribution < 1.29 is 24.0 Å². The monoisotopic (exact) mass is 734 g/mol. The average Bonchev–Trinajstić information content (AvgIpc) is 3.88. The lowest BCUT2D eigenvalue weighted by Gasteiger charge is -2.39. The van der Waals surface area contributed by atoms with Gasteiger partial charge in [0.2, 0.25) is 11.8 Å². The lowest BCUT2D eigenvalue weighted by atomic mass is 9.92. The molecule has 2 aromatic carbocycles. The fourth-order valence-corrected chi connectivity index (χ4v) is 9.25. The van der Waals surface area contributed by atoms with Crippen LogP contribution in [-0.2, 0) is 35.4 Å². The van der Waals surface area contributed by atoms with Crippen LogP contribution in [0.2, 0.25) is 0 Å². The van der Waals surface area contributed by atoms with Gasteiger partial charge in [0.1, 0.15) is 11.5 Å². The van der Waals surface area contributed by atoms with Gasteiger partial charge in [-0.2, -0.15) is 0 Å². The maximum absolute atomic E-state index is 12.6. The van der Waals surface area contributed by atoms with E-state index in [0.29, 0.717) is 42.6 Å². The number of anilines is 3. The van der Waals surface area contributed by atoms with Gasteiger partial charge in [0.15, 0.2) is 23.4 Å². The van der Waals surface area contributed by atoms with Gasteiger partial charge < -0.3 is 25.6 Å². The second-order valence-corrected chi connectivity index (χ2v) is 15.6. The minimum absolute atomic E-state index is 0.0974. The molecule has 3 fully saturated rings. The molecular formula is C39H46N10O5. The Morgan fingerprint density at radius 1 is 1.06 bits per heavy atom. The van der Waals surface area contributed by atoms with Crippen LogP contribution in [0.1, 0.15) is 70.0 Å². The molecule has 6 heterocycles. The number of benzene rings is 2. The fraction of sp³-hybridized carbons (Fsp3) is 0.487. The first-order chi connectivity index (χ1) is 26.2. The van der Waals surface area contributed by atoms with Gasteiger partial charge in [-0.15, -0.1) is 0 Å². The van der Waals surface area contributed by atoms with Gasteiger partial charge in [-0.3, -0.25) is 34.4 Å². The van der Waals surface area contributed by atoms with Crippen LogP contribution in [0.5, 0.6) is 0 Å². The van der Waals surface area contributed by atoms with E-state index in [9.17, 15) is 19.5 Å². The van der Waals surface area contributed by atoms with Gasteiger partial charge in [-0.25, -0.2) is 9.97 Å². The molecule has 5 N–H and O–H groups in total. The third kappa shape index (κ3) is 6.48. The Morgan fingerprint density at radius 3 is 2.74 bits per heavy atom. The predicted octanol–water partition coefficient (Wildman–Crippen LogP) is 2.25. The van der Waals surface area contributed by atoms with Gasteiger partial charge in [-0.1, -0.05) is 17.3 Å². The third-order valence-corrected chi connectivity index (χ3v) is 12.1. The summed E-state index contributed by atoms with van der Waals surface area (Å²) in [6.45, 7) is 5.92. The molecule has 3 amide bonds. The Balaban J connectivity index is 0.853. The molecule has 5 aliphatic rings. The van der Waals surface area contributed by atoms with Crippen molar-refractivity contribution in [3.05, 3.63) is 70.2 Å². The SMILES string of the molecule is CN1CCN([C@@H]2CCCN(c3cnc(C(N)=O)c(Nc4ccc5c(c4)CCN(CC4Cc6ccc7c(C8CCC(=O)NC8=O)noc7c6C4)C5)n3)C2)C1O. The first kappa shape index (κ1) is 34.8. The second-order valence-electron chi connectivity index (χ2n) is 15.6. The van der Waals surface area contributed by atoms with Crippen LogP contribution in [0.4, 0.5) is 17.3 Å². The number of nitrogens with two attached hydrogens (primary N) is 1. The first-order valence-corrected chi connectivity index (χ1v) is 19.1. The number of aliphatic hydroxyl groups excluding tert-OH is 1. The summed E-state index contributed by atoms with van der Waals surface area (Å²) < 4.78 is 5.86. The summed E-state index contributed by atoms with van der Waals surface area (Å²) >= 11 is 0. The summed E-state index contributed by atoms with van der Waals surface area (Å²) in [7, 11) is 1.94. The molecule has 3 saturated heterocycles. The number of carbonyl (C=O) groups excluding carboxylic acids is 3. The quantitative estimate of drug-likeness (QED) is 0.193. The molecule has 1 aliphatic carbocycles. The highest BCUT2D eigenvalue weighted by Gasteiger charge is 2.37. The Bertz CT molecular complexity index is 2140. The number of aromatic nitrogens is 3. The zero-order valence-corrected chi connectivity index (χ0v) is 30.5. The van der Waals surface area contributed by atoms with E-state index in [1.165, 1.54) is 22.3 Å². The summed E-state index contributed by atoms with van der Waals surface area (Å²) in [4.78, 5) is 54.8. The van der Waals surface area contributed by atoms with Crippen LogP contribution in [0.25, 0.3) is 11.0 Å². The van der Waals surface area contributed by atoms with Crippen molar-refractivity contribution in [2.24, 2.45) is 11.7 Å². The molecule has 282 valence electrons. The molecule has 2 aromatic heterocycles. The Kier molecular flexibility index (Phi) is 9.04. The fourth-order valence-electron chi connectivity index (χ4n) is 9.25. The zero-order chi connectivity index (χ0) is 37.1. The first-order valence-electron chi connectivity index (χ1n) is 19.1. The summed E-state index contributed by atoms with van der Waals surface area (Å²) in [6, 6.07) is 10.7. The number of amides is 3. The van der Waals surface area contributed by atoms with E-state index in [0.717, 1.165) is 88.0 Å². The number of fused-ring (bicyclic) bond motifs is 4. The van der Waals surface area contributed by atoms with Crippen LogP contribution in [0.3, 0.4) is 0 Å². The number of hydrogen-bond donors (Lipinski definition) is 4. The van der Waals surface area contributed by atoms with Gasteiger partial charge in [0.25, 0.3) is 5.91 Å². The molecule has 3 unspecified atom stereocenters. The number of imide groups is 1. The number of carbonyl (C=O) groups is 3. The van der Waals surface area contributed by atoms with Crippen molar-refractivity contribution >= 4 is 46.0 Å². The highest BCUT2D eigenvalue weighted by molar-refractivity contribution is 6.02. The van der Waals surface area contributed by atoms with Gasteiger partial charge in [0.05, 0.1) is 12.1 Å². The molecule has 4 aliphatic heterocycles. The van der Waals surface area contributed by atoms with E-state index in [2.05, 4.69) is 53.7 Å². The number of piperidine rings is 2. The molecule has 15 nitrogen and oxygen atoms in total. The normalized spacial score (nSPS) is 25.2. The summed E-state index contributed by atoms with van der Waals surface area (Å²) in [6.07, 6.45) is 6.50. The van der Waals surface area contributed by atoms with Gasteiger partial charge in [0, 0.05) is 74.9 Å². The second kappa shape index (κ2) is 14.0. The Hall–Kier alpha value is -4.96. The van der Waals surface area contributed by atoms with Gasteiger partial charge in [-0.05, 0) is 86.4 Å².